The van der Waals surface area contributed by atoms with Crippen LogP contribution >= 0.6 is 0 Å². The first-order chi connectivity index (χ1) is 8.40. The lowest BCUT2D eigenvalue weighted by Crippen LogP contribution is -2.38. The Morgan fingerprint density at radius 1 is 0.944 bits per heavy atom. The van der Waals surface area contributed by atoms with Crippen molar-refractivity contribution >= 4 is 17.8 Å². The molecule has 0 spiro atoms. The standard InChI is InChI=1S/C11H20N2O5/c1-12(2)9(14)5-6-13(7-10(15)17-3)8-11(16)18-4/h5-8H2,1-4H3. The van der Waals surface area contributed by atoms with Gasteiger partial charge >= 0.3 is 11.9 Å². The summed E-state index contributed by atoms with van der Waals surface area (Å²) in [7, 11) is 5.83. The van der Waals surface area contributed by atoms with E-state index in [1.807, 2.05) is 0 Å². The van der Waals surface area contributed by atoms with Crippen LogP contribution in [0.25, 0.3) is 0 Å². The molecular weight excluding hydrogens is 240 g/mol. The SMILES string of the molecule is COC(=O)CN(CCC(=O)N(C)C)CC(=O)OC. The van der Waals surface area contributed by atoms with Gasteiger partial charge in [0.05, 0.1) is 27.3 Å². The Labute approximate surface area is 107 Å². The van der Waals surface area contributed by atoms with Crippen LogP contribution in [0.5, 0.6) is 0 Å². The van der Waals surface area contributed by atoms with Crippen molar-refractivity contribution in [3.8, 4) is 0 Å². The van der Waals surface area contributed by atoms with Crippen molar-refractivity contribution < 1.29 is 23.9 Å². The third-order valence-electron chi connectivity index (χ3n) is 2.30. The van der Waals surface area contributed by atoms with Crippen LogP contribution in [0, 0.1) is 0 Å². The molecule has 18 heavy (non-hydrogen) atoms. The van der Waals surface area contributed by atoms with E-state index in [0.717, 1.165) is 0 Å². The molecule has 7 heteroatoms. The quantitative estimate of drug-likeness (QED) is 0.553. The molecule has 0 radical (unpaired) electrons. The van der Waals surface area contributed by atoms with E-state index in [1.165, 1.54) is 24.0 Å². The molecule has 0 saturated heterocycles. The highest BCUT2D eigenvalue weighted by atomic mass is 16.5. The van der Waals surface area contributed by atoms with Crippen molar-refractivity contribution in [3.05, 3.63) is 0 Å². The van der Waals surface area contributed by atoms with E-state index in [0.29, 0.717) is 6.54 Å². The maximum Gasteiger partial charge on any atom is 0.319 e. The lowest BCUT2D eigenvalue weighted by atomic mass is 10.3. The third kappa shape index (κ3) is 6.85. The molecule has 7 nitrogen and oxygen atoms in total. The summed E-state index contributed by atoms with van der Waals surface area (Å²) < 4.78 is 9.04. The van der Waals surface area contributed by atoms with E-state index in [9.17, 15) is 14.4 Å². The minimum absolute atomic E-state index is 0.0493. The second-order valence-electron chi connectivity index (χ2n) is 3.90. The van der Waals surface area contributed by atoms with Gasteiger partial charge in [-0.3, -0.25) is 19.3 Å². The topological polar surface area (TPSA) is 76.2 Å². The molecule has 0 unspecified atom stereocenters. The van der Waals surface area contributed by atoms with Gasteiger partial charge in [-0.2, -0.15) is 0 Å². The molecule has 1 amide bonds. The summed E-state index contributed by atoms with van der Waals surface area (Å²) in [5.41, 5.74) is 0. The van der Waals surface area contributed by atoms with E-state index in [2.05, 4.69) is 9.47 Å². The lowest BCUT2D eigenvalue weighted by molar-refractivity contribution is -0.146. The summed E-state index contributed by atoms with van der Waals surface area (Å²) >= 11 is 0. The predicted molar refractivity (Wildman–Crippen MR) is 63.8 cm³/mol. The van der Waals surface area contributed by atoms with Crippen molar-refractivity contribution in [2.24, 2.45) is 0 Å². The summed E-state index contributed by atoms with van der Waals surface area (Å²) in [6.45, 7) is 0.194. The average Bonchev–Trinajstić information content (AvgIpc) is 2.34. The van der Waals surface area contributed by atoms with Gasteiger partial charge in [0.2, 0.25) is 5.91 Å². The van der Waals surface area contributed by atoms with Gasteiger partial charge in [0.25, 0.3) is 0 Å². The van der Waals surface area contributed by atoms with E-state index < -0.39 is 11.9 Å². The molecule has 0 rings (SSSR count). The molecule has 0 N–H and O–H groups in total. The van der Waals surface area contributed by atoms with Crippen LogP contribution in [0.3, 0.4) is 0 Å². The molecule has 104 valence electrons. The molecule has 0 heterocycles. The van der Waals surface area contributed by atoms with Crippen LogP contribution in [0.15, 0.2) is 0 Å². The minimum Gasteiger partial charge on any atom is -0.468 e. The van der Waals surface area contributed by atoms with Crippen molar-refractivity contribution in [2.75, 3.05) is 47.9 Å². The Morgan fingerprint density at radius 3 is 1.72 bits per heavy atom. The average molecular weight is 260 g/mol. The largest absolute Gasteiger partial charge is 0.468 e. The number of carbonyl (C=O) groups excluding carboxylic acids is 3. The third-order valence-corrected chi connectivity index (χ3v) is 2.30. The number of rotatable bonds is 7. The lowest BCUT2D eigenvalue weighted by Gasteiger charge is -2.20. The van der Waals surface area contributed by atoms with Gasteiger partial charge in [0.1, 0.15) is 0 Å². The second-order valence-corrected chi connectivity index (χ2v) is 3.90. The number of ether oxygens (including phenoxy) is 2. The van der Waals surface area contributed by atoms with Crippen LogP contribution in [0.1, 0.15) is 6.42 Å². The zero-order chi connectivity index (χ0) is 14.1. The van der Waals surface area contributed by atoms with Gasteiger partial charge in [0.15, 0.2) is 0 Å². The minimum atomic E-state index is -0.462. The van der Waals surface area contributed by atoms with Gasteiger partial charge in [-0.05, 0) is 0 Å². The maximum atomic E-state index is 11.4. The van der Waals surface area contributed by atoms with Crippen molar-refractivity contribution in [3.63, 3.8) is 0 Å². The Balaban J connectivity index is 4.33. The van der Waals surface area contributed by atoms with Gasteiger partial charge in [0, 0.05) is 27.1 Å². The van der Waals surface area contributed by atoms with E-state index in [4.69, 9.17) is 0 Å². The van der Waals surface area contributed by atoms with E-state index >= 15 is 0 Å². The fraction of sp³-hybridized carbons (Fsp3) is 0.727. The van der Waals surface area contributed by atoms with Crippen molar-refractivity contribution in [1.82, 2.24) is 9.80 Å². The first-order valence-electron chi connectivity index (χ1n) is 5.46. The maximum absolute atomic E-state index is 11.4. The number of esters is 2. The van der Waals surface area contributed by atoms with E-state index in [1.54, 1.807) is 14.1 Å². The van der Waals surface area contributed by atoms with Gasteiger partial charge in [-0.15, -0.1) is 0 Å². The summed E-state index contributed by atoms with van der Waals surface area (Å²) in [5, 5.41) is 0. The Kier molecular flexibility index (Phi) is 7.69. The highest BCUT2D eigenvalue weighted by Crippen LogP contribution is 1.96. The number of nitrogens with zero attached hydrogens (tertiary/aromatic N) is 2. The highest BCUT2D eigenvalue weighted by molar-refractivity contribution is 5.77. The monoisotopic (exact) mass is 260 g/mol. The zero-order valence-corrected chi connectivity index (χ0v) is 11.3. The van der Waals surface area contributed by atoms with Crippen LogP contribution in [-0.2, 0) is 23.9 Å². The highest BCUT2D eigenvalue weighted by Gasteiger charge is 2.16. The molecule has 0 bridgehead atoms. The Bertz CT molecular complexity index is 286. The Morgan fingerprint density at radius 2 is 1.39 bits per heavy atom. The smallest absolute Gasteiger partial charge is 0.319 e. The van der Waals surface area contributed by atoms with Gasteiger partial charge < -0.3 is 14.4 Å². The first kappa shape index (κ1) is 16.4. The summed E-state index contributed by atoms with van der Waals surface area (Å²) in [6, 6.07) is 0. The number of methoxy groups -OCH3 is 2. The molecular formula is C11H20N2O5. The molecule has 0 aliphatic heterocycles. The predicted octanol–water partition coefficient (Wildman–Crippen LogP) is -0.887. The van der Waals surface area contributed by atoms with Gasteiger partial charge in [-0.25, -0.2) is 0 Å². The molecule has 0 aliphatic rings. The molecule has 0 fully saturated rings. The summed E-state index contributed by atoms with van der Waals surface area (Å²) in [4.78, 5) is 36.7. The number of hydrogen-bond acceptors (Lipinski definition) is 6. The number of hydrogen-bond donors (Lipinski definition) is 0. The van der Waals surface area contributed by atoms with E-state index in [-0.39, 0.29) is 25.4 Å². The fourth-order valence-electron chi connectivity index (χ4n) is 1.19. The molecule has 0 aromatic carbocycles. The van der Waals surface area contributed by atoms with Gasteiger partial charge in [-0.1, -0.05) is 0 Å². The number of carbonyl (C=O) groups is 3. The first-order valence-corrected chi connectivity index (χ1v) is 5.46. The Hall–Kier alpha value is -1.63. The van der Waals surface area contributed by atoms with Crippen LogP contribution < -0.4 is 0 Å². The molecule has 0 atom stereocenters. The van der Waals surface area contributed by atoms with Crippen LogP contribution in [0.4, 0.5) is 0 Å². The van der Waals surface area contributed by atoms with Crippen molar-refractivity contribution in [1.29, 1.82) is 0 Å². The fourth-order valence-corrected chi connectivity index (χ4v) is 1.19. The normalized spacial score (nSPS) is 10.1. The summed E-state index contributed by atoms with van der Waals surface area (Å²) in [5.74, 6) is -0.998. The second kappa shape index (κ2) is 8.46. The molecule has 0 aliphatic carbocycles. The molecule has 0 aromatic heterocycles. The summed E-state index contributed by atoms with van der Waals surface area (Å²) in [6.07, 6.45) is 0.223. The van der Waals surface area contributed by atoms with Crippen molar-refractivity contribution in [2.45, 2.75) is 6.42 Å². The number of amides is 1. The molecule has 0 aromatic rings. The van der Waals surface area contributed by atoms with Crippen LogP contribution in [-0.4, -0.2) is 75.6 Å². The molecule has 0 saturated carbocycles. The zero-order valence-electron chi connectivity index (χ0n) is 11.3. The van der Waals surface area contributed by atoms with Crippen LogP contribution in [0.2, 0.25) is 0 Å².